The van der Waals surface area contributed by atoms with E-state index in [-0.39, 0.29) is 11.9 Å². The summed E-state index contributed by atoms with van der Waals surface area (Å²) in [5, 5.41) is 2.87. The maximum absolute atomic E-state index is 11.9. The van der Waals surface area contributed by atoms with E-state index in [9.17, 15) is 9.59 Å². The number of thioether (sulfide) groups is 1. The largest absolute Gasteiger partial charge is 0.467 e. The monoisotopic (exact) mass is 259 g/mol. The van der Waals surface area contributed by atoms with E-state index in [0.29, 0.717) is 24.5 Å². The van der Waals surface area contributed by atoms with Gasteiger partial charge in [-0.05, 0) is 37.9 Å². The van der Waals surface area contributed by atoms with Gasteiger partial charge in [0.2, 0.25) is 5.91 Å². The smallest absolute Gasteiger partial charge is 0.331 e. The quantitative estimate of drug-likeness (QED) is 0.779. The van der Waals surface area contributed by atoms with E-state index in [4.69, 9.17) is 4.74 Å². The fourth-order valence-electron chi connectivity index (χ4n) is 2.26. The molecule has 1 saturated carbocycles. The first-order chi connectivity index (χ1) is 8.04. The average molecular weight is 259 g/mol. The van der Waals surface area contributed by atoms with Crippen molar-refractivity contribution in [2.45, 2.75) is 38.1 Å². The average Bonchev–Trinajstić information content (AvgIpc) is 2.31. The minimum Gasteiger partial charge on any atom is -0.467 e. The van der Waals surface area contributed by atoms with Crippen molar-refractivity contribution in [3.63, 3.8) is 0 Å². The lowest BCUT2D eigenvalue weighted by atomic mass is 9.77. The lowest BCUT2D eigenvalue weighted by Crippen LogP contribution is -2.57. The molecule has 1 amide bonds. The maximum Gasteiger partial charge on any atom is 0.331 e. The zero-order valence-corrected chi connectivity index (χ0v) is 11.6. The van der Waals surface area contributed by atoms with Crippen LogP contribution in [-0.2, 0) is 14.3 Å². The Labute approximate surface area is 107 Å². The standard InChI is InChI=1S/C12H21NO3S/c1-9-4-6-12(7-5-9,11(15)16-2)13-10(14)8-17-3/h9H,4-8H2,1-3H3,(H,13,14). The third-order valence-corrected chi connectivity index (χ3v) is 3.91. The first-order valence-corrected chi connectivity index (χ1v) is 7.32. The first kappa shape index (κ1) is 14.4. The molecule has 1 N–H and O–H groups in total. The normalized spacial score (nSPS) is 28.5. The second kappa shape index (κ2) is 6.28. The third-order valence-electron chi connectivity index (χ3n) is 3.36. The van der Waals surface area contributed by atoms with Crippen LogP contribution in [0.2, 0.25) is 0 Å². The zero-order valence-electron chi connectivity index (χ0n) is 10.7. The van der Waals surface area contributed by atoms with Crippen molar-refractivity contribution in [1.82, 2.24) is 5.32 Å². The van der Waals surface area contributed by atoms with Crippen LogP contribution in [0.4, 0.5) is 0 Å². The molecular formula is C12H21NO3S. The van der Waals surface area contributed by atoms with Crippen LogP contribution in [0.25, 0.3) is 0 Å². The molecule has 0 aromatic heterocycles. The van der Waals surface area contributed by atoms with Crippen molar-refractivity contribution in [3.05, 3.63) is 0 Å². The highest BCUT2D eigenvalue weighted by molar-refractivity contribution is 7.99. The lowest BCUT2D eigenvalue weighted by Gasteiger charge is -2.37. The summed E-state index contributed by atoms with van der Waals surface area (Å²) < 4.78 is 4.85. The summed E-state index contributed by atoms with van der Waals surface area (Å²) >= 11 is 1.45. The van der Waals surface area contributed by atoms with Gasteiger partial charge < -0.3 is 10.1 Å². The number of ether oxygens (including phenoxy) is 1. The number of amides is 1. The summed E-state index contributed by atoms with van der Waals surface area (Å²) in [4.78, 5) is 23.6. The van der Waals surface area contributed by atoms with Crippen molar-refractivity contribution < 1.29 is 14.3 Å². The number of hydrogen-bond acceptors (Lipinski definition) is 4. The molecule has 0 heterocycles. The molecule has 0 aromatic rings. The number of hydrogen-bond donors (Lipinski definition) is 1. The van der Waals surface area contributed by atoms with E-state index in [2.05, 4.69) is 12.2 Å². The van der Waals surface area contributed by atoms with Crippen LogP contribution in [0.1, 0.15) is 32.6 Å². The number of methoxy groups -OCH3 is 1. The summed E-state index contributed by atoms with van der Waals surface area (Å²) in [6.45, 7) is 2.17. The third kappa shape index (κ3) is 3.63. The molecule has 4 nitrogen and oxygen atoms in total. The van der Waals surface area contributed by atoms with Crippen molar-refractivity contribution in [2.24, 2.45) is 5.92 Å². The van der Waals surface area contributed by atoms with Gasteiger partial charge in [0.05, 0.1) is 12.9 Å². The highest BCUT2D eigenvalue weighted by Crippen LogP contribution is 2.32. The predicted molar refractivity (Wildman–Crippen MR) is 68.9 cm³/mol. The van der Waals surface area contributed by atoms with Crippen molar-refractivity contribution in [3.8, 4) is 0 Å². The fraction of sp³-hybridized carbons (Fsp3) is 0.833. The van der Waals surface area contributed by atoms with Gasteiger partial charge in [-0.3, -0.25) is 4.79 Å². The summed E-state index contributed by atoms with van der Waals surface area (Å²) in [5.74, 6) is 0.607. The highest BCUT2D eigenvalue weighted by atomic mass is 32.2. The Morgan fingerprint density at radius 1 is 1.41 bits per heavy atom. The summed E-state index contributed by atoms with van der Waals surface area (Å²) in [6, 6.07) is 0. The Kier molecular flexibility index (Phi) is 5.31. The Balaban J connectivity index is 2.73. The van der Waals surface area contributed by atoms with Crippen LogP contribution >= 0.6 is 11.8 Å². The molecule has 0 saturated heterocycles. The van der Waals surface area contributed by atoms with Gasteiger partial charge in [0.15, 0.2) is 0 Å². The topological polar surface area (TPSA) is 55.4 Å². The molecule has 0 aliphatic heterocycles. The highest BCUT2D eigenvalue weighted by Gasteiger charge is 2.43. The molecule has 0 radical (unpaired) electrons. The summed E-state index contributed by atoms with van der Waals surface area (Å²) in [7, 11) is 1.38. The van der Waals surface area contributed by atoms with E-state index in [1.165, 1.54) is 18.9 Å². The molecule has 0 unspecified atom stereocenters. The van der Waals surface area contributed by atoms with E-state index < -0.39 is 5.54 Å². The molecule has 98 valence electrons. The summed E-state index contributed by atoms with van der Waals surface area (Å²) in [5.41, 5.74) is -0.784. The van der Waals surface area contributed by atoms with Crippen LogP contribution in [0.3, 0.4) is 0 Å². The van der Waals surface area contributed by atoms with Gasteiger partial charge in [-0.1, -0.05) is 6.92 Å². The Bertz CT molecular complexity index is 285. The van der Waals surface area contributed by atoms with E-state index in [1.807, 2.05) is 6.26 Å². The molecule has 0 spiro atoms. The molecule has 0 atom stereocenters. The molecular weight excluding hydrogens is 238 g/mol. The van der Waals surface area contributed by atoms with Gasteiger partial charge in [0, 0.05) is 0 Å². The van der Waals surface area contributed by atoms with Crippen LogP contribution in [-0.4, -0.2) is 36.5 Å². The van der Waals surface area contributed by atoms with Crippen molar-refractivity contribution in [1.29, 1.82) is 0 Å². The minimum atomic E-state index is -0.784. The zero-order chi connectivity index (χ0) is 12.9. The van der Waals surface area contributed by atoms with Crippen LogP contribution < -0.4 is 5.32 Å². The molecule has 0 aromatic carbocycles. The van der Waals surface area contributed by atoms with Gasteiger partial charge in [-0.25, -0.2) is 4.79 Å². The summed E-state index contributed by atoms with van der Waals surface area (Å²) in [6.07, 6.45) is 5.14. The maximum atomic E-state index is 11.9. The number of rotatable bonds is 4. The van der Waals surface area contributed by atoms with Crippen molar-refractivity contribution >= 4 is 23.6 Å². The molecule has 17 heavy (non-hydrogen) atoms. The van der Waals surface area contributed by atoms with Gasteiger partial charge in [0.1, 0.15) is 5.54 Å². The van der Waals surface area contributed by atoms with E-state index >= 15 is 0 Å². The molecule has 5 heteroatoms. The Morgan fingerprint density at radius 2 is 2.00 bits per heavy atom. The van der Waals surface area contributed by atoms with Gasteiger partial charge >= 0.3 is 5.97 Å². The molecule has 1 rings (SSSR count). The SMILES string of the molecule is COC(=O)C1(NC(=O)CSC)CCC(C)CC1. The molecule has 1 aliphatic carbocycles. The van der Waals surface area contributed by atoms with Crippen LogP contribution in [0.5, 0.6) is 0 Å². The lowest BCUT2D eigenvalue weighted by molar-refractivity contribution is -0.152. The van der Waals surface area contributed by atoms with Gasteiger partial charge in [-0.2, -0.15) is 11.8 Å². The Hall–Kier alpha value is -0.710. The second-order valence-corrected chi connectivity index (χ2v) is 5.60. The van der Waals surface area contributed by atoms with Gasteiger partial charge in [0.25, 0.3) is 0 Å². The van der Waals surface area contributed by atoms with Crippen LogP contribution in [0, 0.1) is 5.92 Å². The molecule has 0 bridgehead atoms. The number of nitrogens with one attached hydrogen (secondary N) is 1. The predicted octanol–water partition coefficient (Wildman–Crippen LogP) is 1.59. The van der Waals surface area contributed by atoms with Crippen molar-refractivity contribution in [2.75, 3.05) is 19.1 Å². The number of esters is 1. The van der Waals surface area contributed by atoms with E-state index in [1.54, 1.807) is 0 Å². The number of carbonyl (C=O) groups excluding carboxylic acids is 2. The number of carbonyl (C=O) groups is 2. The molecule has 1 aliphatic rings. The minimum absolute atomic E-state index is 0.0857. The van der Waals surface area contributed by atoms with E-state index in [0.717, 1.165) is 12.8 Å². The Morgan fingerprint density at radius 3 is 2.47 bits per heavy atom. The van der Waals surface area contributed by atoms with Gasteiger partial charge in [-0.15, -0.1) is 0 Å². The fourth-order valence-corrected chi connectivity index (χ4v) is 2.60. The van der Waals surface area contributed by atoms with Crippen LogP contribution in [0.15, 0.2) is 0 Å². The molecule has 1 fully saturated rings. The first-order valence-electron chi connectivity index (χ1n) is 5.92. The second-order valence-electron chi connectivity index (χ2n) is 4.74.